The van der Waals surface area contributed by atoms with Crippen molar-refractivity contribution in [2.45, 2.75) is 26.3 Å². The molecule has 0 spiro atoms. The Morgan fingerprint density at radius 1 is 1.32 bits per heavy atom. The molecule has 1 aliphatic rings. The van der Waals surface area contributed by atoms with Gasteiger partial charge in [0.25, 0.3) is 5.91 Å². The van der Waals surface area contributed by atoms with Crippen LogP contribution in [0.2, 0.25) is 0 Å². The minimum atomic E-state index is -0.301. The smallest absolute Gasteiger partial charge is 0.254 e. The molecular weight excluding hydrogens is 359 g/mol. The van der Waals surface area contributed by atoms with Gasteiger partial charge in [-0.1, -0.05) is 0 Å². The van der Waals surface area contributed by atoms with Crippen LogP contribution in [0, 0.1) is 19.7 Å². The maximum Gasteiger partial charge on any atom is 0.254 e. The lowest BCUT2D eigenvalue weighted by molar-refractivity contribution is 0.0827. The van der Waals surface area contributed by atoms with Gasteiger partial charge < -0.3 is 19.4 Å². The van der Waals surface area contributed by atoms with E-state index < -0.39 is 0 Å². The van der Waals surface area contributed by atoms with Crippen LogP contribution in [0.3, 0.4) is 0 Å². The van der Waals surface area contributed by atoms with Crippen molar-refractivity contribution in [2.75, 3.05) is 26.0 Å². The van der Waals surface area contributed by atoms with Crippen LogP contribution in [0.4, 0.5) is 10.1 Å². The minimum absolute atomic E-state index is 0.0888. The average molecular weight is 382 g/mol. The van der Waals surface area contributed by atoms with E-state index >= 15 is 0 Å². The number of aromatic nitrogens is 2. The normalized spacial score (nSPS) is 15.8. The third-order valence-corrected chi connectivity index (χ3v) is 5.19. The van der Waals surface area contributed by atoms with Crippen molar-refractivity contribution in [3.8, 4) is 5.75 Å². The first-order valence-electron chi connectivity index (χ1n) is 9.25. The average Bonchev–Trinajstić information content (AvgIpc) is 2.96. The third kappa shape index (κ3) is 3.06. The van der Waals surface area contributed by atoms with Crippen LogP contribution in [0.5, 0.6) is 5.75 Å². The number of carbonyl (C=O) groups excluding carboxylic acids is 1. The number of hydrogen-bond donors (Lipinski definition) is 1. The van der Waals surface area contributed by atoms with Gasteiger partial charge in [0.1, 0.15) is 11.6 Å². The van der Waals surface area contributed by atoms with Gasteiger partial charge >= 0.3 is 0 Å². The van der Waals surface area contributed by atoms with Gasteiger partial charge in [-0.3, -0.25) is 4.79 Å². The van der Waals surface area contributed by atoms with Crippen LogP contribution < -0.4 is 10.1 Å². The summed E-state index contributed by atoms with van der Waals surface area (Å²) in [6.07, 6.45) is 2.50. The van der Waals surface area contributed by atoms with Gasteiger partial charge in [-0.15, -0.1) is 0 Å². The summed E-state index contributed by atoms with van der Waals surface area (Å²) in [5.41, 5.74) is 4.70. The molecule has 0 saturated heterocycles. The molecule has 7 heteroatoms. The number of nitrogens with one attached hydrogen (secondary N) is 1. The zero-order valence-corrected chi connectivity index (χ0v) is 16.4. The molecule has 0 bridgehead atoms. The van der Waals surface area contributed by atoms with Crippen LogP contribution in [0.25, 0.3) is 5.65 Å². The van der Waals surface area contributed by atoms with Crippen molar-refractivity contribution in [1.29, 1.82) is 0 Å². The summed E-state index contributed by atoms with van der Waals surface area (Å²) in [7, 11) is 3.45. The molecule has 1 aliphatic heterocycles. The first-order chi connectivity index (χ1) is 13.3. The van der Waals surface area contributed by atoms with E-state index in [2.05, 4.69) is 10.3 Å². The standard InChI is InChI=1S/C21H23FN4O2/c1-12-13(2)26-11-14(21(27)25(3)4)9-18(20(26)23-12)24-17-7-8-28-19-6-5-15(22)10-16(17)19/h5-6,9-11,17,24H,7-8H2,1-4H3. The Hall–Kier alpha value is -3.09. The van der Waals surface area contributed by atoms with Gasteiger partial charge in [-0.05, 0) is 38.1 Å². The zero-order chi connectivity index (χ0) is 20.0. The van der Waals surface area contributed by atoms with E-state index in [1.54, 1.807) is 25.1 Å². The van der Waals surface area contributed by atoms with Gasteiger partial charge in [-0.25, -0.2) is 9.37 Å². The van der Waals surface area contributed by atoms with Crippen molar-refractivity contribution in [3.05, 3.63) is 58.8 Å². The Kier molecular flexibility index (Phi) is 4.45. The summed E-state index contributed by atoms with van der Waals surface area (Å²) in [5, 5.41) is 3.48. The van der Waals surface area contributed by atoms with E-state index in [0.717, 1.165) is 28.3 Å². The fraction of sp³-hybridized carbons (Fsp3) is 0.333. The number of fused-ring (bicyclic) bond motifs is 2. The summed E-state index contributed by atoms with van der Waals surface area (Å²) in [5.74, 6) is 0.289. The van der Waals surface area contributed by atoms with E-state index in [1.807, 2.05) is 30.5 Å². The Morgan fingerprint density at radius 3 is 2.86 bits per heavy atom. The van der Waals surface area contributed by atoms with E-state index in [1.165, 1.54) is 12.1 Å². The molecule has 146 valence electrons. The lowest BCUT2D eigenvalue weighted by Gasteiger charge is -2.28. The minimum Gasteiger partial charge on any atom is -0.493 e. The molecule has 0 aliphatic carbocycles. The van der Waals surface area contributed by atoms with Crippen molar-refractivity contribution < 1.29 is 13.9 Å². The fourth-order valence-corrected chi connectivity index (χ4v) is 3.56. The second-order valence-corrected chi connectivity index (χ2v) is 7.33. The summed E-state index contributed by atoms with van der Waals surface area (Å²) in [6, 6.07) is 6.24. The van der Waals surface area contributed by atoms with Gasteiger partial charge in [-0.2, -0.15) is 0 Å². The van der Waals surface area contributed by atoms with Gasteiger partial charge in [0, 0.05) is 38.0 Å². The first-order valence-corrected chi connectivity index (χ1v) is 9.25. The number of imidazole rings is 1. The molecule has 1 aromatic carbocycles. The van der Waals surface area contributed by atoms with Crippen molar-refractivity contribution >= 4 is 17.2 Å². The molecule has 1 N–H and O–H groups in total. The number of hydrogen-bond acceptors (Lipinski definition) is 4. The molecule has 1 unspecified atom stereocenters. The number of nitrogens with zero attached hydrogens (tertiary/aromatic N) is 3. The molecule has 3 aromatic rings. The van der Waals surface area contributed by atoms with E-state index in [9.17, 15) is 9.18 Å². The Labute approximate surface area is 162 Å². The monoisotopic (exact) mass is 382 g/mol. The highest BCUT2D eigenvalue weighted by Gasteiger charge is 2.24. The highest BCUT2D eigenvalue weighted by Crippen LogP contribution is 2.36. The SMILES string of the molecule is Cc1nc2c(NC3CCOc4ccc(F)cc43)cc(C(=O)N(C)C)cn2c1C. The number of benzene rings is 1. The van der Waals surface area contributed by atoms with Gasteiger partial charge in [0.15, 0.2) is 5.65 Å². The maximum absolute atomic E-state index is 13.8. The first kappa shape index (κ1) is 18.3. The predicted octanol–water partition coefficient (Wildman–Crippen LogP) is 3.73. The molecule has 0 radical (unpaired) electrons. The number of aryl methyl sites for hydroxylation is 2. The molecule has 28 heavy (non-hydrogen) atoms. The molecular formula is C21H23FN4O2. The molecule has 2 aromatic heterocycles. The molecule has 6 nitrogen and oxygen atoms in total. The van der Waals surface area contributed by atoms with Crippen LogP contribution in [0.15, 0.2) is 30.5 Å². The third-order valence-electron chi connectivity index (χ3n) is 5.19. The number of rotatable bonds is 3. The van der Waals surface area contributed by atoms with Crippen molar-refractivity contribution in [3.63, 3.8) is 0 Å². The van der Waals surface area contributed by atoms with Gasteiger partial charge in [0.05, 0.1) is 29.6 Å². The number of anilines is 1. The number of carbonyl (C=O) groups is 1. The molecule has 3 heterocycles. The maximum atomic E-state index is 13.8. The van der Waals surface area contributed by atoms with E-state index in [4.69, 9.17) is 4.74 Å². The topological polar surface area (TPSA) is 58.9 Å². The zero-order valence-electron chi connectivity index (χ0n) is 16.4. The summed E-state index contributed by atoms with van der Waals surface area (Å²) >= 11 is 0. The highest BCUT2D eigenvalue weighted by molar-refractivity contribution is 5.95. The number of amides is 1. The summed E-state index contributed by atoms with van der Waals surface area (Å²) in [4.78, 5) is 18.8. The molecule has 0 saturated carbocycles. The van der Waals surface area contributed by atoms with Crippen LogP contribution in [0.1, 0.15) is 39.8 Å². The van der Waals surface area contributed by atoms with Gasteiger partial charge in [0.2, 0.25) is 0 Å². The van der Waals surface area contributed by atoms with E-state index in [-0.39, 0.29) is 17.8 Å². The molecule has 1 amide bonds. The second-order valence-electron chi connectivity index (χ2n) is 7.33. The Balaban J connectivity index is 1.82. The second kappa shape index (κ2) is 6.82. The Bertz CT molecular complexity index is 1070. The quantitative estimate of drug-likeness (QED) is 0.750. The van der Waals surface area contributed by atoms with E-state index in [0.29, 0.717) is 24.3 Å². The van der Waals surface area contributed by atoms with Crippen molar-refractivity contribution in [2.24, 2.45) is 0 Å². The lowest BCUT2D eigenvalue weighted by atomic mass is 10.00. The molecule has 1 atom stereocenters. The van der Waals surface area contributed by atoms with Crippen LogP contribution >= 0.6 is 0 Å². The van der Waals surface area contributed by atoms with Crippen LogP contribution in [-0.2, 0) is 0 Å². The largest absolute Gasteiger partial charge is 0.493 e. The number of halogens is 1. The summed E-state index contributed by atoms with van der Waals surface area (Å²) in [6.45, 7) is 4.45. The number of pyridine rings is 1. The lowest BCUT2D eigenvalue weighted by Crippen LogP contribution is -2.23. The van der Waals surface area contributed by atoms with Crippen molar-refractivity contribution in [1.82, 2.24) is 14.3 Å². The fourth-order valence-electron chi connectivity index (χ4n) is 3.56. The molecule has 0 fully saturated rings. The number of ether oxygens (including phenoxy) is 1. The Morgan fingerprint density at radius 2 is 2.11 bits per heavy atom. The highest BCUT2D eigenvalue weighted by atomic mass is 19.1. The summed E-state index contributed by atoms with van der Waals surface area (Å²) < 4.78 is 21.4. The predicted molar refractivity (Wildman–Crippen MR) is 106 cm³/mol. The van der Waals surface area contributed by atoms with Crippen LogP contribution in [-0.4, -0.2) is 40.9 Å². The molecule has 4 rings (SSSR count).